The van der Waals surface area contributed by atoms with Crippen molar-refractivity contribution in [2.45, 2.75) is 58.0 Å². The number of hydrogen-bond donors (Lipinski definition) is 0. The Morgan fingerprint density at radius 1 is 1.20 bits per heavy atom. The molecule has 0 amide bonds. The van der Waals surface area contributed by atoms with Crippen molar-refractivity contribution in [2.75, 3.05) is 0 Å². The van der Waals surface area contributed by atoms with Gasteiger partial charge in [0.1, 0.15) is 6.10 Å². The van der Waals surface area contributed by atoms with E-state index in [-0.39, 0.29) is 35.2 Å². The fourth-order valence-electron chi connectivity index (χ4n) is 2.91. The van der Waals surface area contributed by atoms with Crippen LogP contribution in [0.25, 0.3) is 0 Å². The molecular weight excluding hydrogens is 342 g/mol. The first-order chi connectivity index (χ1) is 12.0. The summed E-state index contributed by atoms with van der Waals surface area (Å²) in [6.45, 7) is 5.93. The van der Waals surface area contributed by atoms with Gasteiger partial charge in [-0.25, -0.2) is 9.48 Å². The van der Waals surface area contributed by atoms with Gasteiger partial charge in [-0.3, -0.25) is 0 Å². The van der Waals surface area contributed by atoms with E-state index < -0.39 is 5.97 Å². The van der Waals surface area contributed by atoms with Crippen LogP contribution in [-0.4, -0.2) is 39.3 Å². The topological polar surface area (TPSA) is 66.2 Å². The molecule has 1 heterocycles. The zero-order valence-electron chi connectivity index (χ0n) is 14.6. The summed E-state index contributed by atoms with van der Waals surface area (Å²) in [6, 6.07) is 9.56. The summed E-state index contributed by atoms with van der Waals surface area (Å²) < 4.78 is 12.7. The summed E-state index contributed by atoms with van der Waals surface area (Å²) in [5.74, 6) is -0.495. The lowest BCUT2D eigenvalue weighted by Gasteiger charge is -2.35. The molecule has 0 bridgehead atoms. The quantitative estimate of drug-likeness (QED) is 0.733. The van der Waals surface area contributed by atoms with E-state index in [2.05, 4.69) is 10.3 Å². The second kappa shape index (κ2) is 7.54. The van der Waals surface area contributed by atoms with E-state index in [1.54, 1.807) is 0 Å². The van der Waals surface area contributed by atoms with E-state index in [9.17, 15) is 4.79 Å². The largest absolute Gasteiger partial charge is 0.457 e. The van der Waals surface area contributed by atoms with Crippen molar-refractivity contribution < 1.29 is 14.3 Å². The van der Waals surface area contributed by atoms with Gasteiger partial charge in [0.15, 0.2) is 10.8 Å². The lowest BCUT2D eigenvalue weighted by Crippen LogP contribution is -2.40. The van der Waals surface area contributed by atoms with Gasteiger partial charge in [-0.15, -0.1) is 5.10 Å². The molecule has 1 fully saturated rings. The third-order valence-electron chi connectivity index (χ3n) is 4.29. The predicted molar refractivity (Wildman–Crippen MR) is 93.7 cm³/mol. The molecule has 1 atom stereocenters. The summed E-state index contributed by atoms with van der Waals surface area (Å²) in [6.07, 6.45) is 1.59. The van der Waals surface area contributed by atoms with E-state index in [1.165, 1.54) is 4.68 Å². The van der Waals surface area contributed by atoms with Crippen molar-refractivity contribution in [3.63, 3.8) is 0 Å². The van der Waals surface area contributed by atoms with Crippen molar-refractivity contribution in [3.8, 4) is 0 Å². The van der Waals surface area contributed by atoms with Crippen LogP contribution in [0.3, 0.4) is 0 Å². The highest BCUT2D eigenvalue weighted by atomic mass is 35.5. The average molecular weight is 364 g/mol. The highest BCUT2D eigenvalue weighted by molar-refractivity contribution is 6.32. The molecule has 0 N–H and O–H groups in total. The number of halogens is 1. The highest BCUT2D eigenvalue weighted by Gasteiger charge is 2.35. The molecule has 0 radical (unpaired) electrons. The first-order valence-electron chi connectivity index (χ1n) is 8.47. The molecule has 1 aliphatic carbocycles. The van der Waals surface area contributed by atoms with E-state index in [0.29, 0.717) is 12.8 Å². The molecule has 1 aliphatic rings. The number of esters is 1. The Labute approximate surface area is 152 Å². The molecule has 1 aromatic carbocycles. The molecule has 1 saturated carbocycles. The van der Waals surface area contributed by atoms with Crippen LogP contribution in [-0.2, 0) is 9.47 Å². The van der Waals surface area contributed by atoms with Gasteiger partial charge in [-0.1, -0.05) is 47.1 Å². The molecule has 0 aliphatic heterocycles. The zero-order chi connectivity index (χ0) is 18.0. The number of ether oxygens (including phenoxy) is 2. The molecule has 6 nitrogen and oxygen atoms in total. The van der Waals surface area contributed by atoms with Crippen molar-refractivity contribution >= 4 is 17.6 Å². The highest BCUT2D eigenvalue weighted by Crippen LogP contribution is 2.29. The maximum atomic E-state index is 12.6. The Morgan fingerprint density at radius 3 is 2.52 bits per heavy atom. The maximum Gasteiger partial charge on any atom is 0.360 e. The molecule has 3 rings (SSSR count). The van der Waals surface area contributed by atoms with Crippen molar-refractivity contribution in [2.24, 2.45) is 0 Å². The Morgan fingerprint density at radius 2 is 1.88 bits per heavy atom. The Hall–Kier alpha value is -1.92. The minimum atomic E-state index is -0.495. The molecule has 2 aromatic rings. The van der Waals surface area contributed by atoms with Crippen molar-refractivity contribution in [3.05, 3.63) is 46.7 Å². The molecular formula is C18H22ClN3O3. The lowest BCUT2D eigenvalue weighted by molar-refractivity contribution is -0.0995. The normalized spacial score (nSPS) is 21.0. The number of benzene rings is 1. The number of aromatic nitrogens is 3. The zero-order valence-corrected chi connectivity index (χ0v) is 15.3. The Bertz CT molecular complexity index is 726. The van der Waals surface area contributed by atoms with Crippen molar-refractivity contribution in [1.82, 2.24) is 15.0 Å². The number of hydrogen-bond acceptors (Lipinski definition) is 5. The molecule has 134 valence electrons. The Balaban J connectivity index is 1.69. The maximum absolute atomic E-state index is 12.6. The SMILES string of the molecule is CC(C)OC1CC(OC(=O)c2c(Cl)nnn2[C@H](C)c2ccccc2)C1. The van der Waals surface area contributed by atoms with Gasteiger partial charge in [0.05, 0.1) is 18.2 Å². The standard InChI is InChI=1S/C18H22ClN3O3/c1-11(2)24-14-9-15(10-14)25-18(23)16-17(19)20-21-22(16)12(3)13-7-5-4-6-8-13/h4-8,11-12,14-15H,9-10H2,1-3H3/t12-,14?,15?/m1/s1. The molecule has 1 aromatic heterocycles. The third-order valence-corrected chi connectivity index (χ3v) is 4.54. The average Bonchev–Trinajstić information content (AvgIpc) is 2.94. The van der Waals surface area contributed by atoms with Gasteiger partial charge in [0.2, 0.25) is 0 Å². The molecule has 0 unspecified atom stereocenters. The summed E-state index contributed by atoms with van der Waals surface area (Å²) >= 11 is 6.09. The first-order valence-corrected chi connectivity index (χ1v) is 8.85. The fraction of sp³-hybridized carbons (Fsp3) is 0.500. The molecule has 25 heavy (non-hydrogen) atoms. The smallest absolute Gasteiger partial charge is 0.360 e. The van der Waals surface area contributed by atoms with Crippen LogP contribution in [0.1, 0.15) is 55.7 Å². The van der Waals surface area contributed by atoms with Crippen LogP contribution in [0, 0.1) is 0 Å². The number of carbonyl (C=O) groups is 1. The lowest BCUT2D eigenvalue weighted by atomic mass is 9.92. The number of carbonyl (C=O) groups excluding carboxylic acids is 1. The fourth-order valence-corrected chi connectivity index (χ4v) is 3.11. The minimum absolute atomic E-state index is 0.0575. The summed E-state index contributed by atoms with van der Waals surface area (Å²) in [5, 5.41) is 7.93. The second-order valence-electron chi connectivity index (χ2n) is 6.57. The van der Waals surface area contributed by atoms with Crippen LogP contribution in [0.2, 0.25) is 5.15 Å². The Kier molecular flexibility index (Phi) is 5.39. The van der Waals surface area contributed by atoms with E-state index in [4.69, 9.17) is 21.1 Å². The van der Waals surface area contributed by atoms with Crippen LogP contribution < -0.4 is 0 Å². The van der Waals surface area contributed by atoms with Gasteiger partial charge < -0.3 is 9.47 Å². The van der Waals surface area contributed by atoms with E-state index in [0.717, 1.165) is 5.56 Å². The van der Waals surface area contributed by atoms with Gasteiger partial charge in [0, 0.05) is 12.8 Å². The molecule has 7 heteroatoms. The van der Waals surface area contributed by atoms with Gasteiger partial charge in [0.25, 0.3) is 0 Å². The minimum Gasteiger partial charge on any atom is -0.457 e. The molecule has 0 saturated heterocycles. The van der Waals surface area contributed by atoms with Crippen LogP contribution in [0.15, 0.2) is 30.3 Å². The summed E-state index contributed by atoms with van der Waals surface area (Å²) in [7, 11) is 0. The number of rotatable bonds is 6. The van der Waals surface area contributed by atoms with Gasteiger partial charge in [-0.05, 0) is 26.3 Å². The third kappa shape index (κ3) is 4.02. The van der Waals surface area contributed by atoms with E-state index in [1.807, 2.05) is 51.1 Å². The van der Waals surface area contributed by atoms with Gasteiger partial charge >= 0.3 is 5.97 Å². The van der Waals surface area contributed by atoms with Crippen LogP contribution in [0.4, 0.5) is 0 Å². The van der Waals surface area contributed by atoms with Crippen molar-refractivity contribution in [1.29, 1.82) is 0 Å². The van der Waals surface area contributed by atoms with E-state index >= 15 is 0 Å². The van der Waals surface area contributed by atoms with Gasteiger partial charge in [-0.2, -0.15) is 0 Å². The second-order valence-corrected chi connectivity index (χ2v) is 6.92. The summed E-state index contributed by atoms with van der Waals surface area (Å²) in [5.41, 5.74) is 1.19. The number of nitrogens with zero attached hydrogens (tertiary/aromatic N) is 3. The monoisotopic (exact) mass is 363 g/mol. The predicted octanol–water partition coefficient (Wildman–Crippen LogP) is 3.65. The van der Waals surface area contributed by atoms with Crippen LogP contribution >= 0.6 is 11.6 Å². The van der Waals surface area contributed by atoms with Crippen LogP contribution in [0.5, 0.6) is 0 Å². The first kappa shape index (κ1) is 17.9. The molecule has 0 spiro atoms. The summed E-state index contributed by atoms with van der Waals surface area (Å²) in [4.78, 5) is 12.6.